The molecule has 0 spiro atoms. The highest BCUT2D eigenvalue weighted by Crippen LogP contribution is 2.29. The van der Waals surface area contributed by atoms with Gasteiger partial charge in [0.25, 0.3) is 0 Å². The topological polar surface area (TPSA) is 15.3 Å². The van der Waals surface area contributed by atoms with Crippen LogP contribution in [0.25, 0.3) is 0 Å². The number of rotatable bonds is 9. The van der Waals surface area contributed by atoms with Gasteiger partial charge in [-0.15, -0.1) is 0 Å². The van der Waals surface area contributed by atoms with E-state index in [-0.39, 0.29) is 0 Å². The number of nitrogens with zero attached hydrogens (tertiary/aromatic N) is 1. The van der Waals surface area contributed by atoms with Gasteiger partial charge < -0.3 is 10.2 Å². The van der Waals surface area contributed by atoms with Crippen molar-refractivity contribution in [2.24, 2.45) is 0 Å². The molecule has 0 radical (unpaired) electrons. The molecule has 2 nitrogen and oxygen atoms in total. The van der Waals surface area contributed by atoms with E-state index >= 15 is 0 Å². The lowest BCUT2D eigenvalue weighted by atomic mass is 10.0. The molecule has 0 saturated heterocycles. The third-order valence-electron chi connectivity index (χ3n) is 4.01. The van der Waals surface area contributed by atoms with Gasteiger partial charge in [0.15, 0.2) is 0 Å². The standard InChI is InChI=1S/C17H27ClN2/c1-3-12-20(14-9-10-14)13-11-17(19-4-2)15-7-5-6-8-16(15)18/h5-8,14,17,19H,3-4,9-13H2,1-2H3. The van der Waals surface area contributed by atoms with Crippen molar-refractivity contribution >= 4 is 11.6 Å². The van der Waals surface area contributed by atoms with Gasteiger partial charge >= 0.3 is 0 Å². The number of hydrogen-bond donors (Lipinski definition) is 1. The van der Waals surface area contributed by atoms with E-state index in [2.05, 4.69) is 36.2 Å². The zero-order chi connectivity index (χ0) is 14.4. The first-order valence-corrected chi connectivity index (χ1v) is 8.35. The molecule has 1 aliphatic carbocycles. The van der Waals surface area contributed by atoms with Crippen molar-refractivity contribution < 1.29 is 0 Å². The third-order valence-corrected chi connectivity index (χ3v) is 4.35. The van der Waals surface area contributed by atoms with Crippen LogP contribution in [0.5, 0.6) is 0 Å². The fourth-order valence-corrected chi connectivity index (χ4v) is 3.14. The molecular weight excluding hydrogens is 268 g/mol. The highest BCUT2D eigenvalue weighted by molar-refractivity contribution is 6.31. The summed E-state index contributed by atoms with van der Waals surface area (Å²) in [7, 11) is 0. The average molecular weight is 295 g/mol. The minimum absolute atomic E-state index is 0.367. The second-order valence-corrected chi connectivity index (χ2v) is 6.09. The van der Waals surface area contributed by atoms with Gasteiger partial charge in [-0.3, -0.25) is 0 Å². The summed E-state index contributed by atoms with van der Waals surface area (Å²) >= 11 is 6.35. The summed E-state index contributed by atoms with van der Waals surface area (Å²) in [4.78, 5) is 2.65. The number of benzene rings is 1. The van der Waals surface area contributed by atoms with E-state index in [1.807, 2.05) is 12.1 Å². The molecule has 0 heterocycles. The fourth-order valence-electron chi connectivity index (χ4n) is 2.87. The molecule has 112 valence electrons. The Morgan fingerprint density at radius 1 is 1.25 bits per heavy atom. The number of hydrogen-bond acceptors (Lipinski definition) is 2. The zero-order valence-electron chi connectivity index (χ0n) is 12.7. The maximum atomic E-state index is 6.35. The average Bonchev–Trinajstić information content (AvgIpc) is 3.27. The van der Waals surface area contributed by atoms with Crippen molar-refractivity contribution in [2.45, 2.75) is 51.6 Å². The Bertz CT molecular complexity index is 404. The highest BCUT2D eigenvalue weighted by atomic mass is 35.5. The van der Waals surface area contributed by atoms with Gasteiger partial charge in [0.1, 0.15) is 0 Å². The molecule has 1 saturated carbocycles. The molecule has 1 fully saturated rings. The SMILES string of the molecule is CCCN(CCC(NCC)c1ccccc1Cl)C1CC1. The smallest absolute Gasteiger partial charge is 0.0453 e. The highest BCUT2D eigenvalue weighted by Gasteiger charge is 2.28. The lowest BCUT2D eigenvalue weighted by Gasteiger charge is -2.26. The van der Waals surface area contributed by atoms with E-state index in [0.717, 1.165) is 24.0 Å². The Balaban J connectivity index is 1.96. The van der Waals surface area contributed by atoms with Crippen molar-refractivity contribution in [3.63, 3.8) is 0 Å². The van der Waals surface area contributed by atoms with Gasteiger partial charge in [-0.2, -0.15) is 0 Å². The van der Waals surface area contributed by atoms with Crippen molar-refractivity contribution in [3.8, 4) is 0 Å². The van der Waals surface area contributed by atoms with E-state index in [9.17, 15) is 0 Å². The first kappa shape index (κ1) is 15.8. The van der Waals surface area contributed by atoms with Crippen LogP contribution in [0.1, 0.15) is 51.1 Å². The molecule has 20 heavy (non-hydrogen) atoms. The van der Waals surface area contributed by atoms with Crippen LogP contribution in [0, 0.1) is 0 Å². The van der Waals surface area contributed by atoms with Crippen LogP contribution < -0.4 is 5.32 Å². The molecule has 0 aromatic heterocycles. The maximum Gasteiger partial charge on any atom is 0.0453 e. The first-order chi connectivity index (χ1) is 9.76. The molecule has 0 amide bonds. The largest absolute Gasteiger partial charge is 0.310 e. The van der Waals surface area contributed by atoms with Crippen LogP contribution in [-0.2, 0) is 0 Å². The van der Waals surface area contributed by atoms with E-state index in [1.54, 1.807) is 0 Å². The molecule has 1 atom stereocenters. The zero-order valence-corrected chi connectivity index (χ0v) is 13.5. The minimum atomic E-state index is 0.367. The Labute approximate surface area is 128 Å². The molecule has 3 heteroatoms. The van der Waals surface area contributed by atoms with Crippen LogP contribution in [0.3, 0.4) is 0 Å². The summed E-state index contributed by atoms with van der Waals surface area (Å²) in [6.07, 6.45) is 5.15. The molecule has 1 N–H and O–H groups in total. The van der Waals surface area contributed by atoms with Crippen LogP contribution >= 0.6 is 11.6 Å². The van der Waals surface area contributed by atoms with Gasteiger partial charge in [-0.25, -0.2) is 0 Å². The molecule has 1 aromatic rings. The monoisotopic (exact) mass is 294 g/mol. The quantitative estimate of drug-likeness (QED) is 0.732. The Kier molecular flexibility index (Phi) is 6.34. The van der Waals surface area contributed by atoms with Crippen molar-refractivity contribution in [2.75, 3.05) is 19.6 Å². The summed E-state index contributed by atoms with van der Waals surface area (Å²) in [5.41, 5.74) is 1.24. The third kappa shape index (κ3) is 4.47. The minimum Gasteiger partial charge on any atom is -0.310 e. The lowest BCUT2D eigenvalue weighted by Crippen LogP contribution is -2.32. The van der Waals surface area contributed by atoms with Gasteiger partial charge in [0, 0.05) is 23.7 Å². The van der Waals surface area contributed by atoms with Crippen LogP contribution in [0.15, 0.2) is 24.3 Å². The van der Waals surface area contributed by atoms with Crippen molar-refractivity contribution in [3.05, 3.63) is 34.9 Å². The second-order valence-electron chi connectivity index (χ2n) is 5.69. The first-order valence-electron chi connectivity index (χ1n) is 7.98. The fraction of sp³-hybridized carbons (Fsp3) is 0.647. The summed E-state index contributed by atoms with van der Waals surface area (Å²) < 4.78 is 0. The van der Waals surface area contributed by atoms with Gasteiger partial charge in [0.2, 0.25) is 0 Å². The Hall–Kier alpha value is -0.570. The van der Waals surface area contributed by atoms with Crippen LogP contribution in [-0.4, -0.2) is 30.6 Å². The van der Waals surface area contributed by atoms with E-state index in [0.29, 0.717) is 6.04 Å². The van der Waals surface area contributed by atoms with Crippen LogP contribution in [0.2, 0.25) is 5.02 Å². The second kappa shape index (κ2) is 8.02. The lowest BCUT2D eigenvalue weighted by molar-refractivity contribution is 0.248. The normalized spacial score (nSPS) is 16.6. The maximum absolute atomic E-state index is 6.35. The van der Waals surface area contributed by atoms with Crippen LogP contribution in [0.4, 0.5) is 0 Å². The van der Waals surface area contributed by atoms with E-state index in [4.69, 9.17) is 11.6 Å². The number of nitrogens with one attached hydrogen (secondary N) is 1. The summed E-state index contributed by atoms with van der Waals surface area (Å²) in [5.74, 6) is 0. The molecule has 2 rings (SSSR count). The predicted molar refractivity (Wildman–Crippen MR) is 87.4 cm³/mol. The van der Waals surface area contributed by atoms with Gasteiger partial charge in [-0.05, 0) is 50.4 Å². The molecular formula is C17H27ClN2. The number of halogens is 1. The molecule has 0 bridgehead atoms. The van der Waals surface area contributed by atoms with Crippen molar-refractivity contribution in [1.29, 1.82) is 0 Å². The van der Waals surface area contributed by atoms with Gasteiger partial charge in [0.05, 0.1) is 0 Å². The Morgan fingerprint density at radius 2 is 2.00 bits per heavy atom. The van der Waals surface area contributed by atoms with Gasteiger partial charge in [-0.1, -0.05) is 43.6 Å². The summed E-state index contributed by atoms with van der Waals surface area (Å²) in [6.45, 7) is 7.81. The summed E-state index contributed by atoms with van der Waals surface area (Å²) in [5, 5.41) is 4.47. The Morgan fingerprint density at radius 3 is 2.60 bits per heavy atom. The molecule has 1 unspecified atom stereocenters. The summed E-state index contributed by atoms with van der Waals surface area (Å²) in [6, 6.07) is 9.44. The van der Waals surface area contributed by atoms with E-state index < -0.39 is 0 Å². The molecule has 1 aromatic carbocycles. The molecule has 0 aliphatic heterocycles. The van der Waals surface area contributed by atoms with E-state index in [1.165, 1.54) is 37.9 Å². The predicted octanol–water partition coefficient (Wildman–Crippen LogP) is 4.26. The molecule has 1 aliphatic rings. The van der Waals surface area contributed by atoms with Crippen molar-refractivity contribution in [1.82, 2.24) is 10.2 Å².